The molecule has 1 fully saturated rings. The SMILES string of the molecule is CC(CC1CC(C)C(C)C1Sc1cc(C(=O)Nc2cc(F)c(F)c(F)c2)ccc1Cl)Cn1ccnc1. The molecule has 5 atom stereocenters. The van der Waals surface area contributed by atoms with Crippen molar-refractivity contribution >= 4 is 35.0 Å². The zero-order valence-corrected chi connectivity index (χ0v) is 21.9. The van der Waals surface area contributed by atoms with Crippen LogP contribution >= 0.6 is 23.4 Å². The maximum Gasteiger partial charge on any atom is 0.255 e. The van der Waals surface area contributed by atoms with E-state index in [4.69, 9.17) is 11.6 Å². The van der Waals surface area contributed by atoms with Crippen LogP contribution in [0.1, 0.15) is 44.0 Å². The van der Waals surface area contributed by atoms with E-state index < -0.39 is 23.4 Å². The summed E-state index contributed by atoms with van der Waals surface area (Å²) in [5, 5.41) is 3.32. The minimum Gasteiger partial charge on any atom is -0.337 e. The van der Waals surface area contributed by atoms with Gasteiger partial charge in [-0.05, 0) is 54.7 Å². The van der Waals surface area contributed by atoms with Crippen molar-refractivity contribution in [1.29, 1.82) is 0 Å². The summed E-state index contributed by atoms with van der Waals surface area (Å²) in [6.07, 6.45) is 7.82. The molecule has 0 bridgehead atoms. The van der Waals surface area contributed by atoms with E-state index in [1.54, 1.807) is 36.2 Å². The van der Waals surface area contributed by atoms with E-state index in [0.29, 0.717) is 39.5 Å². The molecule has 4 nitrogen and oxygen atoms in total. The summed E-state index contributed by atoms with van der Waals surface area (Å²) in [4.78, 5) is 17.7. The van der Waals surface area contributed by atoms with Crippen LogP contribution in [-0.4, -0.2) is 20.7 Å². The number of rotatable bonds is 8. The molecule has 1 saturated carbocycles. The maximum atomic E-state index is 13.5. The first-order chi connectivity index (χ1) is 17.1. The van der Waals surface area contributed by atoms with Crippen LogP contribution in [-0.2, 0) is 6.54 Å². The van der Waals surface area contributed by atoms with Crippen molar-refractivity contribution in [3.05, 3.63) is 77.1 Å². The van der Waals surface area contributed by atoms with Crippen molar-refractivity contribution in [2.75, 3.05) is 5.32 Å². The van der Waals surface area contributed by atoms with E-state index in [-0.39, 0.29) is 5.69 Å². The Morgan fingerprint density at radius 1 is 1.22 bits per heavy atom. The molecule has 3 aromatic rings. The highest BCUT2D eigenvalue weighted by Gasteiger charge is 2.39. The number of hydrogen-bond acceptors (Lipinski definition) is 3. The monoisotopic (exact) mass is 535 g/mol. The Hall–Kier alpha value is -2.45. The molecule has 36 heavy (non-hydrogen) atoms. The van der Waals surface area contributed by atoms with Crippen LogP contribution in [0.25, 0.3) is 0 Å². The number of imidazole rings is 1. The van der Waals surface area contributed by atoms with Gasteiger partial charge in [0.05, 0.1) is 11.3 Å². The lowest BCUT2D eigenvalue weighted by Gasteiger charge is -2.26. The molecule has 5 unspecified atom stereocenters. The first kappa shape index (κ1) is 26.6. The Balaban J connectivity index is 1.48. The second-order valence-corrected chi connectivity index (χ2v) is 11.5. The fourth-order valence-electron chi connectivity index (χ4n) is 5.07. The average Bonchev–Trinajstić information content (AvgIpc) is 3.42. The first-order valence-electron chi connectivity index (χ1n) is 12.0. The van der Waals surface area contributed by atoms with E-state index in [0.717, 1.165) is 36.4 Å². The van der Waals surface area contributed by atoms with E-state index in [2.05, 4.69) is 35.6 Å². The highest BCUT2D eigenvalue weighted by Crippen LogP contribution is 2.49. The molecule has 9 heteroatoms. The van der Waals surface area contributed by atoms with Crippen LogP contribution in [0.2, 0.25) is 5.02 Å². The van der Waals surface area contributed by atoms with Crippen LogP contribution in [0.4, 0.5) is 18.9 Å². The van der Waals surface area contributed by atoms with Gasteiger partial charge >= 0.3 is 0 Å². The number of nitrogens with zero attached hydrogens (tertiary/aromatic N) is 2. The number of aromatic nitrogens is 2. The largest absolute Gasteiger partial charge is 0.337 e. The summed E-state index contributed by atoms with van der Waals surface area (Å²) in [5.41, 5.74) is 0.140. The van der Waals surface area contributed by atoms with Gasteiger partial charge in [0.15, 0.2) is 17.5 Å². The number of halogens is 4. The third-order valence-corrected chi connectivity index (χ3v) is 9.16. The summed E-state index contributed by atoms with van der Waals surface area (Å²) in [5.74, 6) is -2.85. The molecule has 1 amide bonds. The van der Waals surface area contributed by atoms with Crippen LogP contribution < -0.4 is 5.32 Å². The van der Waals surface area contributed by atoms with E-state index in [1.165, 1.54) is 0 Å². The van der Waals surface area contributed by atoms with E-state index in [1.807, 2.05) is 12.5 Å². The normalized spacial score (nSPS) is 22.5. The Labute approximate surface area is 218 Å². The Kier molecular flexibility index (Phi) is 8.35. The van der Waals surface area contributed by atoms with Gasteiger partial charge in [-0.3, -0.25) is 4.79 Å². The standard InChI is InChI=1S/C27H29ClF3N3OS/c1-15(13-34-7-6-32-14-34)8-19-9-16(2)17(3)26(19)36-24-10-18(4-5-21(24)28)27(35)33-20-11-22(29)25(31)23(30)12-20/h4-7,10-12,14-17,19,26H,8-9,13H2,1-3H3,(H,33,35). The fraction of sp³-hybridized carbons (Fsp3) is 0.407. The summed E-state index contributed by atoms with van der Waals surface area (Å²) in [6.45, 7) is 7.72. The molecule has 4 rings (SSSR count). The fourth-order valence-corrected chi connectivity index (χ4v) is 6.89. The molecule has 1 heterocycles. The Morgan fingerprint density at radius 2 is 1.94 bits per heavy atom. The molecule has 1 aliphatic rings. The topological polar surface area (TPSA) is 46.9 Å². The maximum absolute atomic E-state index is 13.5. The van der Waals surface area contributed by atoms with Gasteiger partial charge in [-0.2, -0.15) is 0 Å². The van der Waals surface area contributed by atoms with Gasteiger partial charge in [0.1, 0.15) is 0 Å². The molecule has 2 aromatic carbocycles. The lowest BCUT2D eigenvalue weighted by molar-refractivity contribution is 0.102. The quantitative estimate of drug-likeness (QED) is 0.301. The summed E-state index contributed by atoms with van der Waals surface area (Å²) >= 11 is 8.22. The second-order valence-electron chi connectivity index (χ2n) is 9.87. The van der Waals surface area contributed by atoms with Gasteiger partial charge in [0.25, 0.3) is 5.91 Å². The van der Waals surface area contributed by atoms with E-state index in [9.17, 15) is 18.0 Å². The number of carbonyl (C=O) groups is 1. The van der Waals surface area contributed by atoms with Gasteiger partial charge in [-0.25, -0.2) is 18.2 Å². The molecular formula is C27H29ClF3N3OS. The molecule has 1 aromatic heterocycles. The van der Waals surface area contributed by atoms with Gasteiger partial charge in [0, 0.05) is 52.5 Å². The van der Waals surface area contributed by atoms with Gasteiger partial charge in [-0.1, -0.05) is 32.4 Å². The number of anilines is 1. The number of amides is 1. The smallest absolute Gasteiger partial charge is 0.255 e. The van der Waals surface area contributed by atoms with E-state index >= 15 is 0 Å². The van der Waals surface area contributed by atoms with Crippen LogP contribution in [0, 0.1) is 41.1 Å². The number of carbonyl (C=O) groups excluding carboxylic acids is 1. The third-order valence-electron chi connectivity index (χ3n) is 7.04. The lowest BCUT2D eigenvalue weighted by atomic mass is 9.93. The van der Waals surface area contributed by atoms with Crippen molar-refractivity contribution in [3.8, 4) is 0 Å². The molecule has 0 aliphatic heterocycles. The second kappa shape index (κ2) is 11.3. The highest BCUT2D eigenvalue weighted by atomic mass is 35.5. The number of hydrogen-bond donors (Lipinski definition) is 1. The highest BCUT2D eigenvalue weighted by molar-refractivity contribution is 8.00. The van der Waals surface area contributed by atoms with Crippen LogP contribution in [0.15, 0.2) is 53.9 Å². The molecule has 1 aliphatic carbocycles. The number of nitrogens with one attached hydrogen (secondary N) is 1. The molecule has 0 spiro atoms. The Morgan fingerprint density at radius 3 is 2.61 bits per heavy atom. The van der Waals surface area contributed by atoms with Gasteiger partial charge < -0.3 is 9.88 Å². The summed E-state index contributed by atoms with van der Waals surface area (Å²) in [6, 6.07) is 6.42. The zero-order valence-electron chi connectivity index (χ0n) is 20.3. The molecule has 1 N–H and O–H groups in total. The van der Waals surface area contributed by atoms with Crippen molar-refractivity contribution in [2.24, 2.45) is 23.7 Å². The van der Waals surface area contributed by atoms with Crippen molar-refractivity contribution < 1.29 is 18.0 Å². The third kappa shape index (κ3) is 6.09. The van der Waals surface area contributed by atoms with Gasteiger partial charge in [0.2, 0.25) is 0 Å². The zero-order chi connectivity index (χ0) is 26.0. The van der Waals surface area contributed by atoms with Gasteiger partial charge in [-0.15, -0.1) is 11.8 Å². The van der Waals surface area contributed by atoms with Crippen LogP contribution in [0.3, 0.4) is 0 Å². The summed E-state index contributed by atoms with van der Waals surface area (Å²) < 4.78 is 42.4. The average molecular weight is 536 g/mol. The number of benzene rings is 2. The number of thioether (sulfide) groups is 1. The minimum absolute atomic E-state index is 0.161. The lowest BCUT2D eigenvalue weighted by Crippen LogP contribution is -2.20. The van der Waals surface area contributed by atoms with Crippen molar-refractivity contribution in [1.82, 2.24) is 9.55 Å². The minimum atomic E-state index is -1.58. The molecule has 192 valence electrons. The van der Waals surface area contributed by atoms with Crippen molar-refractivity contribution in [3.63, 3.8) is 0 Å². The molecule has 0 radical (unpaired) electrons. The Bertz CT molecular complexity index is 1200. The first-order valence-corrected chi connectivity index (χ1v) is 13.3. The molecule has 0 saturated heterocycles. The predicted octanol–water partition coefficient (Wildman–Crippen LogP) is 7.69. The summed E-state index contributed by atoms with van der Waals surface area (Å²) in [7, 11) is 0. The molecular weight excluding hydrogens is 507 g/mol. The predicted molar refractivity (Wildman–Crippen MR) is 138 cm³/mol. The van der Waals surface area contributed by atoms with Crippen molar-refractivity contribution in [2.45, 2.75) is 50.3 Å². The van der Waals surface area contributed by atoms with Crippen LogP contribution in [0.5, 0.6) is 0 Å².